The summed E-state index contributed by atoms with van der Waals surface area (Å²) in [6.45, 7) is 3.34. The van der Waals surface area contributed by atoms with Crippen LogP contribution >= 0.6 is 0 Å². The van der Waals surface area contributed by atoms with Crippen molar-refractivity contribution in [2.75, 3.05) is 11.9 Å². The number of benzene rings is 1. The fraction of sp³-hybridized carbons (Fsp3) is 0.500. The molecule has 0 spiro atoms. The molecule has 0 saturated carbocycles. The summed E-state index contributed by atoms with van der Waals surface area (Å²) in [7, 11) is -4.67. The summed E-state index contributed by atoms with van der Waals surface area (Å²) in [6, 6.07) is 10.4. The zero-order valence-corrected chi connectivity index (χ0v) is 11.4. The molecule has 0 unspecified atom stereocenters. The quantitative estimate of drug-likeness (QED) is 0.548. The first-order valence-corrected chi connectivity index (χ1v) is 7.32. The highest BCUT2D eigenvalue weighted by atomic mass is 32.3. The first-order chi connectivity index (χ1) is 8.43. The maximum Gasteiger partial charge on any atom is 0.394 e. The molecule has 3 N–H and O–H groups in total. The summed E-state index contributed by atoms with van der Waals surface area (Å²) in [5, 5.41) is 3.40. The van der Waals surface area contributed by atoms with Gasteiger partial charge < -0.3 is 5.32 Å². The summed E-state index contributed by atoms with van der Waals surface area (Å²) in [5.41, 5.74) is 1.24. The Labute approximate surface area is 109 Å². The molecule has 1 aromatic rings. The van der Waals surface area contributed by atoms with Crippen molar-refractivity contribution in [2.24, 2.45) is 0 Å². The van der Waals surface area contributed by atoms with Gasteiger partial charge in [-0.3, -0.25) is 9.11 Å². The average Bonchev–Trinajstić information content (AvgIpc) is 2.28. The van der Waals surface area contributed by atoms with Gasteiger partial charge in [0.05, 0.1) is 0 Å². The normalized spacial score (nSPS) is 10.4. The van der Waals surface area contributed by atoms with E-state index in [2.05, 4.69) is 36.5 Å². The van der Waals surface area contributed by atoms with Crippen LogP contribution in [0.25, 0.3) is 0 Å². The molecule has 0 aliphatic carbocycles. The van der Waals surface area contributed by atoms with E-state index >= 15 is 0 Å². The Balaban J connectivity index is 0.000000494. The minimum atomic E-state index is -4.67. The van der Waals surface area contributed by atoms with Crippen molar-refractivity contribution in [2.45, 2.75) is 32.6 Å². The second kappa shape index (κ2) is 9.87. The first kappa shape index (κ1) is 16.9. The molecule has 104 valence electrons. The Morgan fingerprint density at radius 2 is 1.61 bits per heavy atom. The third-order valence-corrected chi connectivity index (χ3v) is 2.13. The van der Waals surface area contributed by atoms with E-state index in [1.807, 2.05) is 6.07 Å². The number of rotatable bonds is 6. The summed E-state index contributed by atoms with van der Waals surface area (Å²) in [5.74, 6) is 0. The lowest BCUT2D eigenvalue weighted by molar-refractivity contribution is 0.381. The molecule has 6 heteroatoms. The van der Waals surface area contributed by atoms with Gasteiger partial charge in [0.25, 0.3) is 0 Å². The van der Waals surface area contributed by atoms with Gasteiger partial charge >= 0.3 is 10.4 Å². The zero-order chi connectivity index (χ0) is 13.9. The molecule has 0 aromatic heterocycles. The van der Waals surface area contributed by atoms with Crippen LogP contribution in [0.5, 0.6) is 0 Å². The predicted octanol–water partition coefficient (Wildman–Crippen LogP) is 3.03. The molecule has 0 amide bonds. The van der Waals surface area contributed by atoms with Crippen molar-refractivity contribution in [3.05, 3.63) is 30.3 Å². The van der Waals surface area contributed by atoms with E-state index in [9.17, 15) is 0 Å². The lowest BCUT2D eigenvalue weighted by Gasteiger charge is -2.04. The number of hydrogen-bond acceptors (Lipinski definition) is 3. The largest absolute Gasteiger partial charge is 0.394 e. The van der Waals surface area contributed by atoms with Gasteiger partial charge in [0.15, 0.2) is 0 Å². The molecule has 1 rings (SSSR count). The summed E-state index contributed by atoms with van der Waals surface area (Å²) >= 11 is 0. The molecule has 18 heavy (non-hydrogen) atoms. The molecule has 0 radical (unpaired) electrons. The minimum absolute atomic E-state index is 1.10. The maximum absolute atomic E-state index is 8.74. The number of unbranched alkanes of at least 4 members (excludes halogenated alkanes) is 3. The second-order valence-electron chi connectivity index (χ2n) is 3.80. The standard InChI is InChI=1S/C12H19N.H2O4S/c1-2-3-4-8-11-13-12-9-6-5-7-10-12;1-5(2,3)4/h5-7,9-10,13H,2-4,8,11H2,1H3;(H2,1,2,3,4). The van der Waals surface area contributed by atoms with Crippen LogP contribution < -0.4 is 5.32 Å². The number of anilines is 1. The van der Waals surface area contributed by atoms with Crippen molar-refractivity contribution in [3.8, 4) is 0 Å². The van der Waals surface area contributed by atoms with Crippen molar-refractivity contribution in [1.82, 2.24) is 0 Å². The van der Waals surface area contributed by atoms with Crippen LogP contribution in [-0.2, 0) is 10.4 Å². The predicted molar refractivity (Wildman–Crippen MR) is 73.3 cm³/mol. The van der Waals surface area contributed by atoms with Crippen molar-refractivity contribution < 1.29 is 17.5 Å². The average molecular weight is 275 g/mol. The molecule has 0 heterocycles. The van der Waals surface area contributed by atoms with Crippen LogP contribution in [0.2, 0.25) is 0 Å². The van der Waals surface area contributed by atoms with E-state index in [1.54, 1.807) is 0 Å². The molecule has 0 atom stereocenters. The topological polar surface area (TPSA) is 86.6 Å². The smallest absolute Gasteiger partial charge is 0.385 e. The van der Waals surface area contributed by atoms with E-state index in [0.717, 1.165) is 6.54 Å². The molecular weight excluding hydrogens is 254 g/mol. The second-order valence-corrected chi connectivity index (χ2v) is 4.70. The number of hydrogen-bond donors (Lipinski definition) is 3. The van der Waals surface area contributed by atoms with Gasteiger partial charge in [-0.05, 0) is 18.6 Å². The van der Waals surface area contributed by atoms with Gasteiger partial charge in [-0.1, -0.05) is 44.4 Å². The highest BCUT2D eigenvalue weighted by Crippen LogP contribution is 2.05. The van der Waals surface area contributed by atoms with Crippen molar-refractivity contribution in [1.29, 1.82) is 0 Å². The van der Waals surface area contributed by atoms with E-state index in [-0.39, 0.29) is 0 Å². The lowest BCUT2D eigenvalue weighted by atomic mass is 10.2. The van der Waals surface area contributed by atoms with Crippen LogP contribution in [0.4, 0.5) is 5.69 Å². The molecule has 0 fully saturated rings. The Kier molecular flexibility index (Phi) is 9.26. The SMILES string of the molecule is CCCCCCNc1ccccc1.O=S(=O)(O)O. The third kappa shape index (κ3) is 14.9. The van der Waals surface area contributed by atoms with Crippen LogP contribution in [0, 0.1) is 0 Å². The van der Waals surface area contributed by atoms with Gasteiger partial charge in [-0.15, -0.1) is 0 Å². The molecule has 0 saturated heterocycles. The maximum atomic E-state index is 8.74. The minimum Gasteiger partial charge on any atom is -0.385 e. The van der Waals surface area contributed by atoms with Gasteiger partial charge in [-0.2, -0.15) is 8.42 Å². The monoisotopic (exact) mass is 275 g/mol. The Bertz CT molecular complexity index is 384. The number of para-hydroxylation sites is 1. The van der Waals surface area contributed by atoms with Gasteiger partial charge in [0.1, 0.15) is 0 Å². The van der Waals surface area contributed by atoms with Crippen molar-refractivity contribution >= 4 is 16.1 Å². The van der Waals surface area contributed by atoms with Gasteiger partial charge in [0.2, 0.25) is 0 Å². The summed E-state index contributed by atoms with van der Waals surface area (Å²) in [6.07, 6.45) is 5.29. The van der Waals surface area contributed by atoms with Crippen LogP contribution in [0.3, 0.4) is 0 Å². The van der Waals surface area contributed by atoms with Crippen LogP contribution in [0.15, 0.2) is 30.3 Å². The fourth-order valence-electron chi connectivity index (χ4n) is 1.34. The van der Waals surface area contributed by atoms with Crippen molar-refractivity contribution in [3.63, 3.8) is 0 Å². The van der Waals surface area contributed by atoms with E-state index < -0.39 is 10.4 Å². The Morgan fingerprint density at radius 3 is 2.11 bits per heavy atom. The summed E-state index contributed by atoms with van der Waals surface area (Å²) in [4.78, 5) is 0. The fourth-order valence-corrected chi connectivity index (χ4v) is 1.34. The van der Waals surface area contributed by atoms with E-state index in [0.29, 0.717) is 0 Å². The molecule has 5 nitrogen and oxygen atoms in total. The molecule has 1 aromatic carbocycles. The highest BCUT2D eigenvalue weighted by molar-refractivity contribution is 7.79. The molecule has 0 aliphatic heterocycles. The molecule has 0 bridgehead atoms. The highest BCUT2D eigenvalue weighted by Gasteiger charge is 1.89. The zero-order valence-electron chi connectivity index (χ0n) is 10.5. The Morgan fingerprint density at radius 1 is 1.06 bits per heavy atom. The third-order valence-electron chi connectivity index (χ3n) is 2.13. The molecule has 0 aliphatic rings. The number of nitrogens with one attached hydrogen (secondary N) is 1. The van der Waals surface area contributed by atoms with Gasteiger partial charge in [0, 0.05) is 12.2 Å². The molecular formula is C12H21NO4S. The van der Waals surface area contributed by atoms with E-state index in [1.165, 1.54) is 31.4 Å². The van der Waals surface area contributed by atoms with Crippen LogP contribution in [-0.4, -0.2) is 24.1 Å². The van der Waals surface area contributed by atoms with E-state index in [4.69, 9.17) is 17.5 Å². The first-order valence-electron chi connectivity index (χ1n) is 5.92. The Hall–Kier alpha value is -1.11. The van der Waals surface area contributed by atoms with Crippen LogP contribution in [0.1, 0.15) is 32.6 Å². The summed E-state index contributed by atoms with van der Waals surface area (Å²) < 4.78 is 31.6. The lowest BCUT2D eigenvalue weighted by Crippen LogP contribution is -2.00. The van der Waals surface area contributed by atoms with Gasteiger partial charge in [-0.25, -0.2) is 0 Å².